The van der Waals surface area contributed by atoms with Crippen molar-refractivity contribution in [2.75, 3.05) is 19.8 Å². The summed E-state index contributed by atoms with van der Waals surface area (Å²) in [6.45, 7) is 7.28. The molecule has 0 bridgehead atoms. The molecule has 4 heteroatoms. The molecule has 14 heavy (non-hydrogen) atoms. The summed E-state index contributed by atoms with van der Waals surface area (Å²) < 4.78 is 4.95. The van der Waals surface area contributed by atoms with Gasteiger partial charge in [-0.25, -0.2) is 0 Å². The summed E-state index contributed by atoms with van der Waals surface area (Å²) >= 11 is 6.00. The lowest BCUT2D eigenvalue weighted by atomic mass is 10.1. The molecule has 0 saturated heterocycles. The summed E-state index contributed by atoms with van der Waals surface area (Å²) in [7, 11) is 0. The van der Waals surface area contributed by atoms with Gasteiger partial charge in [-0.2, -0.15) is 0 Å². The molecular formula is C10H20ClNO2. The molecule has 0 aromatic rings. The molecule has 0 radical (unpaired) electrons. The molecule has 3 nitrogen and oxygen atoms in total. The minimum absolute atomic E-state index is 0.0144. The maximum Gasteiger partial charge on any atom is 0.246 e. The van der Waals surface area contributed by atoms with E-state index in [9.17, 15) is 4.79 Å². The molecule has 1 atom stereocenters. The van der Waals surface area contributed by atoms with Crippen molar-refractivity contribution in [2.24, 2.45) is 5.92 Å². The first kappa shape index (κ1) is 13.7. The SMILES string of the molecule is CCOCC(=O)NCC(Cl)CC(C)C. The van der Waals surface area contributed by atoms with Gasteiger partial charge in [-0.15, -0.1) is 11.6 Å². The van der Waals surface area contributed by atoms with Crippen LogP contribution in [-0.4, -0.2) is 31.0 Å². The summed E-state index contributed by atoms with van der Waals surface area (Å²) in [6.07, 6.45) is 0.913. The van der Waals surface area contributed by atoms with Gasteiger partial charge < -0.3 is 10.1 Å². The maximum absolute atomic E-state index is 11.1. The van der Waals surface area contributed by atoms with Crippen molar-refractivity contribution in [3.05, 3.63) is 0 Å². The molecule has 1 amide bonds. The fourth-order valence-corrected chi connectivity index (χ4v) is 1.50. The van der Waals surface area contributed by atoms with Crippen LogP contribution < -0.4 is 5.32 Å². The molecule has 0 aromatic carbocycles. The molecule has 0 aliphatic heterocycles. The minimum Gasteiger partial charge on any atom is -0.372 e. The van der Waals surface area contributed by atoms with Crippen LogP contribution in [0.1, 0.15) is 27.2 Å². The second kappa shape index (κ2) is 8.06. The van der Waals surface area contributed by atoms with Crippen molar-refractivity contribution in [2.45, 2.75) is 32.6 Å². The Labute approximate surface area is 91.2 Å². The van der Waals surface area contributed by atoms with Crippen LogP contribution in [0.2, 0.25) is 0 Å². The maximum atomic E-state index is 11.1. The Hall–Kier alpha value is -0.280. The van der Waals surface area contributed by atoms with E-state index in [4.69, 9.17) is 16.3 Å². The molecule has 0 fully saturated rings. The standard InChI is InChI=1S/C10H20ClNO2/c1-4-14-7-10(13)12-6-9(11)5-8(2)3/h8-9H,4-7H2,1-3H3,(H,12,13). The smallest absolute Gasteiger partial charge is 0.246 e. The third kappa shape index (κ3) is 8.32. The van der Waals surface area contributed by atoms with Crippen molar-refractivity contribution in [1.82, 2.24) is 5.32 Å². The first-order valence-corrected chi connectivity index (χ1v) is 5.48. The summed E-state index contributed by atoms with van der Waals surface area (Å²) in [5.74, 6) is 0.461. The third-order valence-corrected chi connectivity index (χ3v) is 2.02. The van der Waals surface area contributed by atoms with E-state index in [0.717, 1.165) is 6.42 Å². The van der Waals surface area contributed by atoms with Gasteiger partial charge in [0.2, 0.25) is 5.91 Å². The van der Waals surface area contributed by atoms with E-state index in [0.29, 0.717) is 19.1 Å². The fraction of sp³-hybridized carbons (Fsp3) is 0.900. The summed E-state index contributed by atoms with van der Waals surface area (Å²) in [6, 6.07) is 0. The van der Waals surface area contributed by atoms with Crippen molar-refractivity contribution in [1.29, 1.82) is 0 Å². The number of alkyl halides is 1. The highest BCUT2D eigenvalue weighted by Crippen LogP contribution is 2.09. The number of rotatable bonds is 7. The monoisotopic (exact) mass is 221 g/mol. The van der Waals surface area contributed by atoms with E-state index >= 15 is 0 Å². The van der Waals surface area contributed by atoms with E-state index in [2.05, 4.69) is 19.2 Å². The largest absolute Gasteiger partial charge is 0.372 e. The van der Waals surface area contributed by atoms with Crippen LogP contribution in [0, 0.1) is 5.92 Å². The van der Waals surface area contributed by atoms with Gasteiger partial charge in [-0.1, -0.05) is 13.8 Å². The summed E-state index contributed by atoms with van der Waals surface area (Å²) in [4.78, 5) is 11.1. The highest BCUT2D eigenvalue weighted by Gasteiger charge is 2.08. The van der Waals surface area contributed by atoms with E-state index in [1.165, 1.54) is 0 Å². The number of nitrogens with one attached hydrogen (secondary N) is 1. The topological polar surface area (TPSA) is 38.3 Å². The van der Waals surface area contributed by atoms with Crippen LogP contribution in [0.3, 0.4) is 0 Å². The normalized spacial score (nSPS) is 12.9. The van der Waals surface area contributed by atoms with Gasteiger partial charge in [0.05, 0.1) is 5.38 Å². The lowest BCUT2D eigenvalue weighted by Gasteiger charge is -2.12. The van der Waals surface area contributed by atoms with Crippen molar-refractivity contribution in [3.8, 4) is 0 Å². The molecule has 0 aliphatic carbocycles. The Morgan fingerprint density at radius 1 is 1.50 bits per heavy atom. The highest BCUT2D eigenvalue weighted by atomic mass is 35.5. The number of carbonyl (C=O) groups excluding carboxylic acids is 1. The molecule has 84 valence electrons. The zero-order valence-corrected chi connectivity index (χ0v) is 9.93. The van der Waals surface area contributed by atoms with E-state index < -0.39 is 0 Å². The molecule has 0 aromatic heterocycles. The fourth-order valence-electron chi connectivity index (χ4n) is 1.07. The molecule has 1 unspecified atom stereocenters. The number of hydrogen-bond acceptors (Lipinski definition) is 2. The molecule has 0 spiro atoms. The quantitative estimate of drug-likeness (QED) is 0.666. The van der Waals surface area contributed by atoms with Gasteiger partial charge in [0.25, 0.3) is 0 Å². The van der Waals surface area contributed by atoms with Gasteiger partial charge >= 0.3 is 0 Å². The Kier molecular flexibility index (Phi) is 7.90. The van der Waals surface area contributed by atoms with Crippen LogP contribution >= 0.6 is 11.6 Å². The van der Waals surface area contributed by atoms with Gasteiger partial charge in [0.1, 0.15) is 6.61 Å². The van der Waals surface area contributed by atoms with Gasteiger partial charge in [0.15, 0.2) is 0 Å². The Morgan fingerprint density at radius 3 is 2.64 bits per heavy atom. The lowest BCUT2D eigenvalue weighted by molar-refractivity contribution is -0.125. The van der Waals surface area contributed by atoms with Crippen molar-refractivity contribution >= 4 is 17.5 Å². The Morgan fingerprint density at radius 2 is 2.14 bits per heavy atom. The average Bonchev–Trinajstić information content (AvgIpc) is 2.10. The minimum atomic E-state index is -0.0961. The number of carbonyl (C=O) groups is 1. The van der Waals surface area contributed by atoms with E-state index in [1.807, 2.05) is 6.92 Å². The third-order valence-electron chi connectivity index (χ3n) is 1.69. The van der Waals surface area contributed by atoms with E-state index in [-0.39, 0.29) is 17.9 Å². The Bertz CT molecular complexity index is 162. The van der Waals surface area contributed by atoms with Crippen LogP contribution in [0.4, 0.5) is 0 Å². The van der Waals surface area contributed by atoms with Gasteiger partial charge in [0, 0.05) is 13.2 Å². The molecule has 0 aliphatic rings. The first-order valence-electron chi connectivity index (χ1n) is 5.04. The van der Waals surface area contributed by atoms with Gasteiger partial charge in [-0.05, 0) is 19.3 Å². The first-order chi connectivity index (χ1) is 6.56. The average molecular weight is 222 g/mol. The predicted molar refractivity (Wildman–Crippen MR) is 58.6 cm³/mol. The van der Waals surface area contributed by atoms with E-state index in [1.54, 1.807) is 0 Å². The number of halogens is 1. The van der Waals surface area contributed by atoms with Gasteiger partial charge in [-0.3, -0.25) is 4.79 Å². The Balaban J connectivity index is 3.45. The lowest BCUT2D eigenvalue weighted by Crippen LogP contribution is -2.33. The highest BCUT2D eigenvalue weighted by molar-refractivity contribution is 6.20. The number of hydrogen-bond donors (Lipinski definition) is 1. The second-order valence-electron chi connectivity index (χ2n) is 3.67. The van der Waals surface area contributed by atoms with Crippen molar-refractivity contribution in [3.63, 3.8) is 0 Å². The van der Waals surface area contributed by atoms with Crippen LogP contribution in [0.5, 0.6) is 0 Å². The van der Waals surface area contributed by atoms with Crippen LogP contribution in [-0.2, 0) is 9.53 Å². The van der Waals surface area contributed by atoms with Crippen molar-refractivity contribution < 1.29 is 9.53 Å². The van der Waals surface area contributed by atoms with Crippen LogP contribution in [0.25, 0.3) is 0 Å². The zero-order chi connectivity index (χ0) is 11.0. The second-order valence-corrected chi connectivity index (χ2v) is 4.29. The molecular weight excluding hydrogens is 202 g/mol. The number of ether oxygens (including phenoxy) is 1. The molecule has 0 heterocycles. The molecule has 1 N–H and O–H groups in total. The predicted octanol–water partition coefficient (Wildman–Crippen LogP) is 1.79. The molecule has 0 saturated carbocycles. The summed E-state index contributed by atoms with van der Waals surface area (Å²) in [5, 5.41) is 2.74. The van der Waals surface area contributed by atoms with Crippen LogP contribution in [0.15, 0.2) is 0 Å². The zero-order valence-electron chi connectivity index (χ0n) is 9.18. The molecule has 0 rings (SSSR count). The summed E-state index contributed by atoms with van der Waals surface area (Å²) in [5.41, 5.74) is 0. The number of amides is 1.